The SMILES string of the molecule is CC(c1cn(C(c2ccccc2)(c2ccccc2)c2ccccc2)cn1)c1cc(F)cc2c1C(O[Si](C)(C)C(C)(C)C)CC2. The van der Waals surface area contributed by atoms with Gasteiger partial charge in [-0.25, -0.2) is 9.37 Å². The Morgan fingerprint density at radius 3 is 1.86 bits per heavy atom. The molecule has 0 bridgehead atoms. The summed E-state index contributed by atoms with van der Waals surface area (Å²) in [5.41, 5.74) is 6.91. The molecule has 5 heteroatoms. The van der Waals surface area contributed by atoms with E-state index in [1.807, 2.05) is 6.33 Å². The quantitative estimate of drug-likeness (QED) is 0.131. The standard InChI is InChI=1S/C39H43FN2OSi/c1-28(34-25-33(40)24-29-22-23-36(37(29)34)43-44(5,6)38(2,3)4)35-26-42(27-41-35)39(30-16-10-7-11-17-30,31-18-12-8-13-19-31)32-20-14-9-15-21-32/h7-21,24-28,36H,22-23H2,1-6H3. The molecule has 6 rings (SSSR count). The van der Waals surface area contributed by atoms with Crippen molar-refractivity contribution in [1.82, 2.24) is 9.55 Å². The first kappa shape index (κ1) is 30.2. The molecule has 0 aliphatic heterocycles. The lowest BCUT2D eigenvalue weighted by molar-refractivity contribution is 0.184. The predicted octanol–water partition coefficient (Wildman–Crippen LogP) is 10.0. The minimum Gasteiger partial charge on any atom is -0.410 e. The zero-order valence-electron chi connectivity index (χ0n) is 26.7. The maximum Gasteiger partial charge on any atom is 0.192 e. The Kier molecular flexibility index (Phi) is 7.97. The molecule has 0 N–H and O–H groups in total. The second kappa shape index (κ2) is 11.6. The van der Waals surface area contributed by atoms with Crippen molar-refractivity contribution in [1.29, 1.82) is 0 Å². The van der Waals surface area contributed by atoms with Crippen molar-refractivity contribution < 1.29 is 8.82 Å². The average molecular weight is 603 g/mol. The van der Waals surface area contributed by atoms with Crippen molar-refractivity contribution in [3.8, 4) is 0 Å². The second-order valence-corrected chi connectivity index (χ2v) is 18.5. The van der Waals surface area contributed by atoms with Crippen LogP contribution in [0.1, 0.15) is 85.2 Å². The second-order valence-electron chi connectivity index (χ2n) is 13.7. The molecule has 1 aliphatic rings. The lowest BCUT2D eigenvalue weighted by atomic mass is 9.76. The van der Waals surface area contributed by atoms with E-state index < -0.39 is 13.9 Å². The molecular formula is C39H43FN2OSi. The number of rotatable bonds is 8. The van der Waals surface area contributed by atoms with Crippen molar-refractivity contribution in [2.24, 2.45) is 0 Å². The van der Waals surface area contributed by atoms with Gasteiger partial charge >= 0.3 is 0 Å². The Bertz CT molecular complexity index is 1630. The van der Waals surface area contributed by atoms with Gasteiger partial charge in [0.05, 0.1) is 18.1 Å². The molecule has 1 aromatic heterocycles. The van der Waals surface area contributed by atoms with Crippen molar-refractivity contribution in [3.63, 3.8) is 0 Å². The van der Waals surface area contributed by atoms with Crippen LogP contribution in [0.4, 0.5) is 4.39 Å². The minimum absolute atomic E-state index is 0.0249. The van der Waals surface area contributed by atoms with E-state index in [0.29, 0.717) is 0 Å². The molecular weight excluding hydrogens is 560 g/mol. The molecule has 0 saturated carbocycles. The largest absolute Gasteiger partial charge is 0.410 e. The summed E-state index contributed by atoms with van der Waals surface area (Å²) in [5, 5.41) is 0.0932. The molecule has 1 aliphatic carbocycles. The molecule has 0 spiro atoms. The van der Waals surface area contributed by atoms with E-state index in [1.54, 1.807) is 12.1 Å². The van der Waals surface area contributed by atoms with E-state index in [2.05, 4.69) is 143 Å². The van der Waals surface area contributed by atoms with Crippen LogP contribution in [-0.4, -0.2) is 17.9 Å². The number of imidazole rings is 1. The molecule has 0 fully saturated rings. The fourth-order valence-electron chi connectivity index (χ4n) is 6.63. The molecule has 0 saturated heterocycles. The zero-order valence-corrected chi connectivity index (χ0v) is 27.7. The maximum absolute atomic E-state index is 15.2. The van der Waals surface area contributed by atoms with Gasteiger partial charge in [-0.2, -0.15) is 0 Å². The number of benzene rings is 4. The molecule has 2 atom stereocenters. The average Bonchev–Trinajstić information content (AvgIpc) is 3.66. The minimum atomic E-state index is -2.04. The van der Waals surface area contributed by atoms with Crippen molar-refractivity contribution >= 4 is 8.32 Å². The third-order valence-electron chi connectivity index (χ3n) is 9.98. The number of fused-ring (bicyclic) bond motifs is 1. The highest BCUT2D eigenvalue weighted by molar-refractivity contribution is 6.74. The molecule has 2 unspecified atom stereocenters. The summed E-state index contributed by atoms with van der Waals surface area (Å²) in [6.45, 7) is 13.6. The Hall–Kier alpha value is -3.80. The summed E-state index contributed by atoms with van der Waals surface area (Å²) in [5.74, 6) is -0.311. The van der Waals surface area contributed by atoms with Gasteiger partial charge in [-0.15, -0.1) is 0 Å². The van der Waals surface area contributed by atoms with Gasteiger partial charge in [0.2, 0.25) is 0 Å². The fraction of sp³-hybridized carbons (Fsp3) is 0.308. The number of nitrogens with zero attached hydrogens (tertiary/aromatic N) is 2. The summed E-state index contributed by atoms with van der Waals surface area (Å²) in [7, 11) is -2.04. The van der Waals surface area contributed by atoms with E-state index >= 15 is 4.39 Å². The van der Waals surface area contributed by atoms with E-state index in [-0.39, 0.29) is 22.9 Å². The van der Waals surface area contributed by atoms with Crippen LogP contribution < -0.4 is 0 Å². The number of hydrogen-bond acceptors (Lipinski definition) is 2. The van der Waals surface area contributed by atoms with E-state index in [9.17, 15) is 0 Å². The third-order valence-corrected chi connectivity index (χ3v) is 14.5. The Balaban J connectivity index is 1.48. The van der Waals surface area contributed by atoms with Crippen molar-refractivity contribution in [2.45, 2.75) is 76.2 Å². The first-order valence-electron chi connectivity index (χ1n) is 15.7. The monoisotopic (exact) mass is 602 g/mol. The van der Waals surface area contributed by atoms with Crippen LogP contribution in [0.3, 0.4) is 0 Å². The van der Waals surface area contributed by atoms with Gasteiger partial charge in [-0.05, 0) is 76.5 Å². The van der Waals surface area contributed by atoms with Gasteiger partial charge in [0, 0.05) is 12.1 Å². The first-order valence-corrected chi connectivity index (χ1v) is 18.6. The summed E-state index contributed by atoms with van der Waals surface area (Å²) in [6, 6.07) is 35.3. The third kappa shape index (κ3) is 5.26. The number of aryl methyl sites for hydroxylation is 1. The summed E-state index contributed by atoms with van der Waals surface area (Å²) in [4.78, 5) is 5.04. The van der Waals surface area contributed by atoms with E-state index in [0.717, 1.165) is 46.4 Å². The van der Waals surface area contributed by atoms with Gasteiger partial charge in [0.25, 0.3) is 0 Å². The fourth-order valence-corrected chi connectivity index (χ4v) is 7.93. The number of aromatic nitrogens is 2. The van der Waals surface area contributed by atoms with Gasteiger partial charge in [-0.1, -0.05) is 119 Å². The smallest absolute Gasteiger partial charge is 0.192 e. The molecule has 44 heavy (non-hydrogen) atoms. The van der Waals surface area contributed by atoms with Crippen LogP contribution in [0, 0.1) is 5.82 Å². The molecule has 4 aromatic carbocycles. The highest BCUT2D eigenvalue weighted by Crippen LogP contribution is 2.47. The van der Waals surface area contributed by atoms with Crippen LogP contribution >= 0.6 is 0 Å². The molecule has 5 aromatic rings. The van der Waals surface area contributed by atoms with Gasteiger partial charge < -0.3 is 8.99 Å². The first-order chi connectivity index (χ1) is 21.0. The van der Waals surface area contributed by atoms with Gasteiger partial charge in [0.1, 0.15) is 11.4 Å². The van der Waals surface area contributed by atoms with Crippen LogP contribution in [0.2, 0.25) is 18.1 Å². The maximum atomic E-state index is 15.2. The highest BCUT2D eigenvalue weighted by Gasteiger charge is 2.42. The van der Waals surface area contributed by atoms with Gasteiger partial charge in [-0.3, -0.25) is 0 Å². The molecule has 0 radical (unpaired) electrons. The van der Waals surface area contributed by atoms with Crippen LogP contribution in [0.25, 0.3) is 0 Å². The van der Waals surface area contributed by atoms with Crippen LogP contribution in [-0.2, 0) is 16.4 Å². The molecule has 226 valence electrons. The van der Waals surface area contributed by atoms with Crippen LogP contribution in [0.5, 0.6) is 0 Å². The summed E-state index contributed by atoms with van der Waals surface area (Å²) < 4.78 is 24.4. The van der Waals surface area contributed by atoms with Crippen LogP contribution in [0.15, 0.2) is 116 Å². The topological polar surface area (TPSA) is 27.1 Å². The van der Waals surface area contributed by atoms with E-state index in [4.69, 9.17) is 9.41 Å². The molecule has 1 heterocycles. The Labute approximate surface area is 262 Å². The Morgan fingerprint density at radius 1 is 0.841 bits per heavy atom. The molecule has 0 amide bonds. The lowest BCUT2D eigenvalue weighted by Gasteiger charge is -2.39. The summed E-state index contributed by atoms with van der Waals surface area (Å²) in [6.07, 6.45) is 5.80. The Morgan fingerprint density at radius 2 is 1.36 bits per heavy atom. The summed E-state index contributed by atoms with van der Waals surface area (Å²) >= 11 is 0. The highest BCUT2D eigenvalue weighted by atomic mass is 28.4. The number of hydrogen-bond donors (Lipinski definition) is 0. The van der Waals surface area contributed by atoms with Crippen molar-refractivity contribution in [2.75, 3.05) is 0 Å². The van der Waals surface area contributed by atoms with E-state index in [1.165, 1.54) is 5.56 Å². The number of halogens is 1. The lowest BCUT2D eigenvalue weighted by Crippen LogP contribution is -2.41. The van der Waals surface area contributed by atoms with Gasteiger partial charge in [0.15, 0.2) is 8.32 Å². The normalized spacial score (nSPS) is 16.1. The molecule has 3 nitrogen and oxygen atoms in total. The van der Waals surface area contributed by atoms with Crippen molar-refractivity contribution in [3.05, 3.63) is 161 Å². The zero-order chi connectivity index (χ0) is 31.1. The predicted molar refractivity (Wildman–Crippen MR) is 180 cm³/mol.